The van der Waals surface area contributed by atoms with Crippen LogP contribution in [0, 0.1) is 19.3 Å². The maximum absolute atomic E-state index is 14.2. The molecule has 0 radical (unpaired) electrons. The molecule has 9 nitrogen and oxygen atoms in total. The first-order valence-electron chi connectivity index (χ1n) is 16.3. The third-order valence-electron chi connectivity index (χ3n) is 7.90. The third kappa shape index (κ3) is 9.16. The molecule has 1 fully saturated rings. The summed E-state index contributed by atoms with van der Waals surface area (Å²) in [5, 5.41) is 6.95. The minimum atomic E-state index is -0.972. The monoisotopic (exact) mass is 799 g/mol. The second kappa shape index (κ2) is 16.4. The van der Waals surface area contributed by atoms with Gasteiger partial charge < -0.3 is 15.4 Å². The third-order valence-corrected chi connectivity index (χ3v) is 10.3. The predicted octanol–water partition coefficient (Wildman–Crippen LogP) is 10.4. The molecule has 1 saturated heterocycles. The molecule has 3 N–H and O–H groups in total. The van der Waals surface area contributed by atoms with Gasteiger partial charge in [-0.15, -0.1) is 11.8 Å². The quantitative estimate of drug-likeness (QED) is 0.147. The number of anilines is 3. The number of carbonyl (C=O) groups excluding carboxylic acids is 3. The number of halogens is 4. The first-order chi connectivity index (χ1) is 24.5. The fourth-order valence-electron chi connectivity index (χ4n) is 5.11. The molecule has 14 heteroatoms. The lowest BCUT2D eigenvalue weighted by molar-refractivity contribution is -0.123. The van der Waals surface area contributed by atoms with Gasteiger partial charge in [-0.05, 0) is 74.4 Å². The van der Waals surface area contributed by atoms with Gasteiger partial charge in [0.25, 0.3) is 11.8 Å². The van der Waals surface area contributed by atoms with Crippen molar-refractivity contribution in [1.29, 1.82) is 0 Å². The molecule has 5 rings (SSSR count). The highest BCUT2D eigenvalue weighted by Crippen LogP contribution is 2.41. The molecule has 2 atom stereocenters. The molecule has 272 valence electrons. The SMILES string of the molecule is CCC(Oc1ccc(C)cc1C)C(=O)Nc1ccc(Cl)c(N=C2NN(c3c(Cl)cc(Cl)cc3Cl)C(=O)C2Sc2ccccc2NC(=O)C(C)(C)C)c1. The fraction of sp³-hybridized carbons (Fsp3) is 0.263. The molecule has 4 aromatic rings. The van der Waals surface area contributed by atoms with Gasteiger partial charge in [0.15, 0.2) is 6.10 Å². The maximum Gasteiger partial charge on any atom is 0.267 e. The van der Waals surface area contributed by atoms with Crippen molar-refractivity contribution in [1.82, 2.24) is 5.43 Å². The van der Waals surface area contributed by atoms with E-state index >= 15 is 0 Å². The van der Waals surface area contributed by atoms with E-state index in [-0.39, 0.29) is 44.1 Å². The van der Waals surface area contributed by atoms with Crippen LogP contribution in [0.25, 0.3) is 0 Å². The first kappa shape index (κ1) is 39.3. The van der Waals surface area contributed by atoms with Gasteiger partial charge >= 0.3 is 0 Å². The Morgan fingerprint density at radius 3 is 2.29 bits per heavy atom. The highest BCUT2D eigenvalue weighted by Gasteiger charge is 2.41. The molecule has 1 aliphatic heterocycles. The largest absolute Gasteiger partial charge is 0.480 e. The van der Waals surface area contributed by atoms with Crippen LogP contribution in [0.1, 0.15) is 45.2 Å². The van der Waals surface area contributed by atoms with Gasteiger partial charge in [0.2, 0.25) is 5.91 Å². The van der Waals surface area contributed by atoms with Crippen molar-refractivity contribution in [3.63, 3.8) is 0 Å². The first-order valence-corrected chi connectivity index (χ1v) is 18.7. The zero-order chi connectivity index (χ0) is 37.9. The van der Waals surface area contributed by atoms with Crippen molar-refractivity contribution in [2.24, 2.45) is 10.4 Å². The Morgan fingerprint density at radius 1 is 0.942 bits per heavy atom. The van der Waals surface area contributed by atoms with Crippen LogP contribution >= 0.6 is 58.2 Å². The van der Waals surface area contributed by atoms with Crippen LogP contribution in [0.15, 0.2) is 82.7 Å². The number of hydrazine groups is 1. The van der Waals surface area contributed by atoms with Gasteiger partial charge in [-0.2, -0.15) is 0 Å². The molecule has 0 bridgehead atoms. The smallest absolute Gasteiger partial charge is 0.267 e. The van der Waals surface area contributed by atoms with Crippen molar-refractivity contribution < 1.29 is 19.1 Å². The Labute approximate surface area is 327 Å². The van der Waals surface area contributed by atoms with E-state index in [0.717, 1.165) is 11.1 Å². The molecular weight excluding hydrogens is 764 g/mol. The highest BCUT2D eigenvalue weighted by atomic mass is 35.5. The summed E-state index contributed by atoms with van der Waals surface area (Å²) in [6.45, 7) is 11.2. The zero-order valence-corrected chi connectivity index (χ0v) is 33.1. The fourth-order valence-corrected chi connectivity index (χ4v) is 7.34. The van der Waals surface area contributed by atoms with Crippen molar-refractivity contribution in [3.05, 3.63) is 104 Å². The lowest BCUT2D eigenvalue weighted by Crippen LogP contribution is -2.36. The van der Waals surface area contributed by atoms with Gasteiger partial charge in [0.05, 0.1) is 26.4 Å². The number of rotatable bonds is 10. The van der Waals surface area contributed by atoms with E-state index in [2.05, 4.69) is 16.1 Å². The van der Waals surface area contributed by atoms with Crippen LogP contribution in [-0.2, 0) is 14.4 Å². The summed E-state index contributed by atoms with van der Waals surface area (Å²) >= 11 is 27.1. The van der Waals surface area contributed by atoms with E-state index in [0.29, 0.717) is 33.5 Å². The van der Waals surface area contributed by atoms with Crippen LogP contribution in [0.3, 0.4) is 0 Å². The van der Waals surface area contributed by atoms with Gasteiger partial charge in [0, 0.05) is 21.0 Å². The van der Waals surface area contributed by atoms with Crippen molar-refractivity contribution in [2.75, 3.05) is 15.6 Å². The van der Waals surface area contributed by atoms with E-state index in [4.69, 9.17) is 56.1 Å². The zero-order valence-electron chi connectivity index (χ0n) is 29.2. The summed E-state index contributed by atoms with van der Waals surface area (Å²) in [4.78, 5) is 45.9. The standard InChI is InChI=1S/C38H37Cl4N5O4S/c1-7-29(51-30-15-12-20(2)16-21(30)3)35(48)43-23-13-14-24(40)28(19-23)44-34-33(36(49)47(46-34)32-25(41)17-22(39)18-26(32)42)52-31-11-9-8-10-27(31)45-37(50)38(4,5)6/h8-19,29,33H,7H2,1-6H3,(H,43,48)(H,44,46)(H,45,50). The molecule has 0 saturated carbocycles. The molecule has 4 aromatic carbocycles. The number of aryl methyl sites for hydroxylation is 2. The summed E-state index contributed by atoms with van der Waals surface area (Å²) < 4.78 is 6.08. The summed E-state index contributed by atoms with van der Waals surface area (Å²) in [5.74, 6) is -0.160. The number of ether oxygens (including phenoxy) is 1. The summed E-state index contributed by atoms with van der Waals surface area (Å²) in [7, 11) is 0. The van der Waals surface area contributed by atoms with Crippen LogP contribution in [-0.4, -0.2) is 34.9 Å². The molecule has 1 heterocycles. The van der Waals surface area contributed by atoms with Gasteiger partial charge in [-0.25, -0.2) is 10.0 Å². The summed E-state index contributed by atoms with van der Waals surface area (Å²) in [6.07, 6.45) is -0.334. The number of hydrogen-bond acceptors (Lipinski definition) is 6. The van der Waals surface area contributed by atoms with E-state index in [1.807, 2.05) is 59.7 Å². The van der Waals surface area contributed by atoms with Crippen LogP contribution < -0.4 is 25.8 Å². The highest BCUT2D eigenvalue weighted by molar-refractivity contribution is 8.01. The average Bonchev–Trinajstić information content (AvgIpc) is 3.35. The molecule has 52 heavy (non-hydrogen) atoms. The number of aliphatic imine (C=N–C) groups is 1. The summed E-state index contributed by atoms with van der Waals surface area (Å²) in [6, 6.07) is 20.7. The number of amides is 3. The van der Waals surface area contributed by atoms with Gasteiger partial charge in [-0.1, -0.05) is 104 Å². The van der Waals surface area contributed by atoms with Crippen molar-refractivity contribution >= 4 is 104 Å². The topological polar surface area (TPSA) is 112 Å². The second-order valence-electron chi connectivity index (χ2n) is 13.1. The number of thioether (sulfide) groups is 1. The maximum atomic E-state index is 14.2. The minimum absolute atomic E-state index is 0.137. The minimum Gasteiger partial charge on any atom is -0.480 e. The second-order valence-corrected chi connectivity index (χ2v) is 15.9. The molecule has 0 aliphatic carbocycles. The Kier molecular flexibility index (Phi) is 12.4. The van der Waals surface area contributed by atoms with E-state index in [1.165, 1.54) is 28.9 Å². The Balaban J connectivity index is 1.49. The van der Waals surface area contributed by atoms with Crippen molar-refractivity contribution in [2.45, 2.75) is 64.2 Å². The van der Waals surface area contributed by atoms with Crippen molar-refractivity contribution in [3.8, 4) is 5.75 Å². The van der Waals surface area contributed by atoms with Crippen LogP contribution in [0.5, 0.6) is 5.75 Å². The number of carbonyl (C=O) groups is 3. The van der Waals surface area contributed by atoms with E-state index in [1.54, 1.807) is 42.5 Å². The number of amidine groups is 1. The van der Waals surface area contributed by atoms with Gasteiger partial charge in [0.1, 0.15) is 22.5 Å². The molecule has 2 unspecified atom stereocenters. The van der Waals surface area contributed by atoms with Crippen LogP contribution in [0.2, 0.25) is 20.1 Å². The number of nitrogens with one attached hydrogen (secondary N) is 3. The Bertz CT molecular complexity index is 2050. The lowest BCUT2D eigenvalue weighted by Gasteiger charge is -2.20. The Hall–Kier alpha value is -3.93. The normalized spacial score (nSPS) is 15.7. The lowest BCUT2D eigenvalue weighted by atomic mass is 9.95. The van der Waals surface area contributed by atoms with Gasteiger partial charge in [-0.3, -0.25) is 19.8 Å². The van der Waals surface area contributed by atoms with E-state index < -0.39 is 22.7 Å². The van der Waals surface area contributed by atoms with E-state index in [9.17, 15) is 14.4 Å². The van der Waals surface area contributed by atoms with Crippen LogP contribution in [0.4, 0.5) is 22.7 Å². The molecule has 0 aromatic heterocycles. The number of nitrogens with zero attached hydrogens (tertiary/aromatic N) is 2. The number of para-hydroxylation sites is 1. The Morgan fingerprint density at radius 2 is 1.63 bits per heavy atom. The predicted molar refractivity (Wildman–Crippen MR) is 214 cm³/mol. The molecule has 3 amide bonds. The molecular formula is C38H37Cl4N5O4S. The number of benzene rings is 4. The number of hydrogen-bond donors (Lipinski definition) is 3. The average molecular weight is 802 g/mol. The molecule has 0 spiro atoms. The summed E-state index contributed by atoms with van der Waals surface area (Å²) in [5.41, 5.74) is 5.82. The molecule has 1 aliphatic rings.